The van der Waals surface area contributed by atoms with Gasteiger partial charge in [0.15, 0.2) is 0 Å². The molecule has 2 aromatic rings. The van der Waals surface area contributed by atoms with Crippen molar-refractivity contribution < 1.29 is 9.18 Å². The molecule has 0 saturated carbocycles. The number of rotatable bonds is 6. The first kappa shape index (κ1) is 15.9. The van der Waals surface area contributed by atoms with Crippen LogP contribution >= 0.6 is 0 Å². The Balaban J connectivity index is 2.05. The highest BCUT2D eigenvalue weighted by Gasteiger charge is 2.13. The maximum atomic E-state index is 12.9. The third kappa shape index (κ3) is 4.04. The fourth-order valence-corrected chi connectivity index (χ4v) is 2.15. The molecule has 116 valence electrons. The zero-order valence-corrected chi connectivity index (χ0v) is 12.8. The first-order valence-corrected chi connectivity index (χ1v) is 7.36. The normalized spacial score (nSPS) is 10.3. The van der Waals surface area contributed by atoms with E-state index in [2.05, 4.69) is 10.3 Å². The van der Waals surface area contributed by atoms with Gasteiger partial charge in [-0.3, -0.25) is 9.78 Å². The number of pyridine rings is 1. The molecule has 0 saturated heterocycles. The SMILES string of the molecule is CCN(CC)C(=O)c1cncc(NCc2ccc(F)cc2)c1. The number of benzene rings is 1. The van der Waals surface area contributed by atoms with Crippen molar-refractivity contribution in [3.05, 3.63) is 59.7 Å². The summed E-state index contributed by atoms with van der Waals surface area (Å²) in [6.07, 6.45) is 3.24. The average Bonchev–Trinajstić information content (AvgIpc) is 2.55. The fourth-order valence-electron chi connectivity index (χ4n) is 2.15. The van der Waals surface area contributed by atoms with Gasteiger partial charge in [0.2, 0.25) is 0 Å². The molecule has 1 aromatic carbocycles. The van der Waals surface area contributed by atoms with Crippen LogP contribution in [0.4, 0.5) is 10.1 Å². The molecule has 1 N–H and O–H groups in total. The van der Waals surface area contributed by atoms with Gasteiger partial charge >= 0.3 is 0 Å². The molecular weight excluding hydrogens is 281 g/mol. The summed E-state index contributed by atoms with van der Waals surface area (Å²) in [5.74, 6) is -0.278. The van der Waals surface area contributed by atoms with E-state index in [1.807, 2.05) is 13.8 Å². The van der Waals surface area contributed by atoms with Crippen LogP contribution in [0.15, 0.2) is 42.7 Å². The monoisotopic (exact) mass is 301 g/mol. The van der Waals surface area contributed by atoms with E-state index in [0.717, 1.165) is 11.3 Å². The van der Waals surface area contributed by atoms with Gasteiger partial charge in [0, 0.05) is 32.0 Å². The molecule has 1 heterocycles. The van der Waals surface area contributed by atoms with Crippen LogP contribution in [-0.4, -0.2) is 28.9 Å². The van der Waals surface area contributed by atoms with Gasteiger partial charge in [0.1, 0.15) is 5.82 Å². The number of carbonyl (C=O) groups excluding carboxylic acids is 1. The Morgan fingerprint density at radius 2 is 1.86 bits per heavy atom. The standard InChI is InChI=1S/C17H20FN3O/c1-3-21(4-2)17(22)14-9-16(12-19-11-14)20-10-13-5-7-15(18)8-6-13/h5-9,11-12,20H,3-4,10H2,1-2H3. The van der Waals surface area contributed by atoms with Crippen molar-refractivity contribution in [2.45, 2.75) is 20.4 Å². The molecule has 2 rings (SSSR count). The van der Waals surface area contributed by atoms with Crippen LogP contribution in [0.25, 0.3) is 0 Å². The minimum Gasteiger partial charge on any atom is -0.380 e. The summed E-state index contributed by atoms with van der Waals surface area (Å²) in [5.41, 5.74) is 2.29. The van der Waals surface area contributed by atoms with Gasteiger partial charge in [-0.1, -0.05) is 12.1 Å². The maximum Gasteiger partial charge on any atom is 0.255 e. The summed E-state index contributed by atoms with van der Waals surface area (Å²) in [7, 11) is 0. The van der Waals surface area contributed by atoms with Crippen LogP contribution in [-0.2, 0) is 6.54 Å². The lowest BCUT2D eigenvalue weighted by Gasteiger charge is -2.18. The fraction of sp³-hybridized carbons (Fsp3) is 0.294. The summed E-state index contributed by atoms with van der Waals surface area (Å²) in [4.78, 5) is 18.2. The molecule has 0 bridgehead atoms. The molecule has 0 radical (unpaired) electrons. The van der Waals surface area contributed by atoms with Crippen LogP contribution in [0.2, 0.25) is 0 Å². The second-order valence-corrected chi connectivity index (χ2v) is 4.92. The van der Waals surface area contributed by atoms with E-state index in [0.29, 0.717) is 25.2 Å². The summed E-state index contributed by atoms with van der Waals surface area (Å²) in [5, 5.41) is 3.19. The third-order valence-corrected chi connectivity index (χ3v) is 3.45. The molecule has 1 aromatic heterocycles. The molecule has 0 aliphatic carbocycles. The minimum atomic E-state index is -0.253. The predicted octanol–water partition coefficient (Wildman–Crippen LogP) is 3.31. The molecule has 1 amide bonds. The van der Waals surface area contributed by atoms with Gasteiger partial charge in [0.05, 0.1) is 11.3 Å². The molecule has 0 atom stereocenters. The van der Waals surface area contributed by atoms with Crippen LogP contribution in [0.3, 0.4) is 0 Å². The first-order valence-electron chi connectivity index (χ1n) is 7.36. The van der Waals surface area contributed by atoms with Crippen molar-refractivity contribution in [1.82, 2.24) is 9.88 Å². The number of hydrogen-bond acceptors (Lipinski definition) is 3. The Bertz CT molecular complexity index is 624. The van der Waals surface area contributed by atoms with Crippen LogP contribution in [0.1, 0.15) is 29.8 Å². The van der Waals surface area contributed by atoms with Gasteiger partial charge in [0.25, 0.3) is 5.91 Å². The van der Waals surface area contributed by atoms with E-state index in [1.165, 1.54) is 12.1 Å². The molecule has 5 heteroatoms. The molecule has 22 heavy (non-hydrogen) atoms. The number of halogens is 1. The number of anilines is 1. The Labute approximate surface area is 130 Å². The van der Waals surface area contributed by atoms with E-state index in [-0.39, 0.29) is 11.7 Å². The van der Waals surface area contributed by atoms with Gasteiger partial charge in [-0.2, -0.15) is 0 Å². The Hall–Kier alpha value is -2.43. The maximum absolute atomic E-state index is 12.9. The number of nitrogens with zero attached hydrogens (tertiary/aromatic N) is 2. The van der Waals surface area contributed by atoms with Gasteiger partial charge in [-0.25, -0.2) is 4.39 Å². The summed E-state index contributed by atoms with van der Waals surface area (Å²) in [6.45, 7) is 5.78. The van der Waals surface area contributed by atoms with Crippen molar-refractivity contribution in [3.8, 4) is 0 Å². The zero-order valence-electron chi connectivity index (χ0n) is 12.8. The number of carbonyl (C=O) groups is 1. The van der Waals surface area contributed by atoms with E-state index in [9.17, 15) is 9.18 Å². The van der Waals surface area contributed by atoms with Crippen LogP contribution < -0.4 is 5.32 Å². The molecule has 0 unspecified atom stereocenters. The Kier molecular flexibility index (Phi) is 5.47. The number of hydrogen-bond donors (Lipinski definition) is 1. The lowest BCUT2D eigenvalue weighted by atomic mass is 10.2. The zero-order chi connectivity index (χ0) is 15.9. The van der Waals surface area contributed by atoms with Crippen LogP contribution in [0.5, 0.6) is 0 Å². The van der Waals surface area contributed by atoms with E-state index in [1.54, 1.807) is 35.5 Å². The predicted molar refractivity (Wildman–Crippen MR) is 85.2 cm³/mol. The molecule has 0 spiro atoms. The lowest BCUT2D eigenvalue weighted by molar-refractivity contribution is 0.0772. The summed E-state index contributed by atoms with van der Waals surface area (Å²) < 4.78 is 12.9. The smallest absolute Gasteiger partial charge is 0.255 e. The minimum absolute atomic E-state index is 0.0251. The summed E-state index contributed by atoms with van der Waals surface area (Å²) >= 11 is 0. The number of nitrogens with one attached hydrogen (secondary N) is 1. The second-order valence-electron chi connectivity index (χ2n) is 4.92. The van der Waals surface area contributed by atoms with Crippen molar-refractivity contribution in [2.75, 3.05) is 18.4 Å². The highest BCUT2D eigenvalue weighted by molar-refractivity contribution is 5.94. The number of amides is 1. The van der Waals surface area contributed by atoms with Crippen molar-refractivity contribution in [1.29, 1.82) is 0 Å². The topological polar surface area (TPSA) is 45.2 Å². The van der Waals surface area contributed by atoms with E-state index in [4.69, 9.17) is 0 Å². The highest BCUT2D eigenvalue weighted by Crippen LogP contribution is 2.13. The van der Waals surface area contributed by atoms with E-state index >= 15 is 0 Å². The molecule has 0 aliphatic rings. The first-order chi connectivity index (χ1) is 10.6. The molecular formula is C17H20FN3O. The lowest BCUT2D eigenvalue weighted by Crippen LogP contribution is -2.30. The van der Waals surface area contributed by atoms with Crippen molar-refractivity contribution in [3.63, 3.8) is 0 Å². The third-order valence-electron chi connectivity index (χ3n) is 3.45. The molecule has 0 fully saturated rings. The largest absolute Gasteiger partial charge is 0.380 e. The van der Waals surface area contributed by atoms with Crippen LogP contribution in [0, 0.1) is 5.82 Å². The van der Waals surface area contributed by atoms with Crippen molar-refractivity contribution >= 4 is 11.6 Å². The van der Waals surface area contributed by atoms with E-state index < -0.39 is 0 Å². The summed E-state index contributed by atoms with van der Waals surface area (Å²) in [6, 6.07) is 8.09. The quantitative estimate of drug-likeness (QED) is 0.890. The molecule has 4 nitrogen and oxygen atoms in total. The second kappa shape index (κ2) is 7.54. The Morgan fingerprint density at radius 3 is 2.50 bits per heavy atom. The van der Waals surface area contributed by atoms with Gasteiger partial charge < -0.3 is 10.2 Å². The van der Waals surface area contributed by atoms with Gasteiger partial charge in [-0.05, 0) is 37.6 Å². The molecule has 0 aliphatic heterocycles. The Morgan fingerprint density at radius 1 is 1.18 bits per heavy atom. The number of aromatic nitrogens is 1. The van der Waals surface area contributed by atoms with Gasteiger partial charge in [-0.15, -0.1) is 0 Å². The average molecular weight is 301 g/mol. The highest BCUT2D eigenvalue weighted by atomic mass is 19.1. The van der Waals surface area contributed by atoms with Crippen molar-refractivity contribution in [2.24, 2.45) is 0 Å².